The number of carbonyl (C=O) groups excluding carboxylic acids is 1. The summed E-state index contributed by atoms with van der Waals surface area (Å²) in [6.45, 7) is 0.384. The number of rotatable bonds is 7. The Morgan fingerprint density at radius 3 is 2.47 bits per heavy atom. The molecule has 5 nitrogen and oxygen atoms in total. The molecule has 0 fully saturated rings. The Morgan fingerprint density at radius 1 is 1.00 bits per heavy atom. The number of fused-ring (bicyclic) bond motifs is 1. The van der Waals surface area contributed by atoms with Crippen LogP contribution >= 0.6 is 22.6 Å². The first-order chi connectivity index (χ1) is 16.6. The molecule has 0 atom stereocenters. The highest BCUT2D eigenvalue weighted by Gasteiger charge is 2.14. The molecule has 6 heteroatoms. The van der Waals surface area contributed by atoms with E-state index in [-0.39, 0.29) is 5.57 Å². The molecular formula is C28H21IN2O3. The molecule has 0 saturated heterocycles. The quantitative estimate of drug-likeness (QED) is 0.158. The van der Waals surface area contributed by atoms with Crippen LogP contribution in [0.15, 0.2) is 90.5 Å². The molecular weight excluding hydrogens is 539 g/mol. The predicted octanol–water partition coefficient (Wildman–Crippen LogP) is 6.58. The highest BCUT2D eigenvalue weighted by atomic mass is 127. The highest BCUT2D eigenvalue weighted by molar-refractivity contribution is 14.1. The Kier molecular flexibility index (Phi) is 7.45. The van der Waals surface area contributed by atoms with Gasteiger partial charge in [0.2, 0.25) is 0 Å². The summed E-state index contributed by atoms with van der Waals surface area (Å²) >= 11 is 2.17. The first-order valence-corrected chi connectivity index (χ1v) is 11.6. The van der Waals surface area contributed by atoms with Gasteiger partial charge in [0.05, 0.1) is 10.7 Å². The Balaban J connectivity index is 1.54. The summed E-state index contributed by atoms with van der Waals surface area (Å²) in [5.74, 6) is 0.666. The Bertz CT molecular complexity index is 1410. The molecule has 0 aliphatic rings. The summed E-state index contributed by atoms with van der Waals surface area (Å²) in [6, 6.07) is 29.0. The van der Waals surface area contributed by atoms with Gasteiger partial charge in [0.25, 0.3) is 5.91 Å². The molecule has 34 heavy (non-hydrogen) atoms. The number of benzene rings is 4. The fraction of sp³-hybridized carbons (Fsp3) is 0.0714. The molecule has 1 N–H and O–H groups in total. The van der Waals surface area contributed by atoms with Crippen molar-refractivity contribution in [3.8, 4) is 17.6 Å². The number of ether oxygens (including phenoxy) is 2. The minimum atomic E-state index is -0.473. The fourth-order valence-corrected chi connectivity index (χ4v) is 4.26. The van der Waals surface area contributed by atoms with Crippen molar-refractivity contribution >= 4 is 51.0 Å². The van der Waals surface area contributed by atoms with E-state index in [2.05, 4.69) is 52.2 Å². The lowest BCUT2D eigenvalue weighted by atomic mass is 10.1. The number of amides is 1. The lowest BCUT2D eigenvalue weighted by molar-refractivity contribution is -0.112. The largest absolute Gasteiger partial charge is 0.493 e. The molecule has 1 amide bonds. The van der Waals surface area contributed by atoms with Crippen molar-refractivity contribution in [1.82, 2.24) is 0 Å². The first kappa shape index (κ1) is 23.3. The number of nitriles is 1. The third-order valence-electron chi connectivity index (χ3n) is 5.16. The van der Waals surface area contributed by atoms with Gasteiger partial charge in [-0.25, -0.2) is 0 Å². The van der Waals surface area contributed by atoms with Crippen LogP contribution in [-0.2, 0) is 11.4 Å². The SMILES string of the molecule is COc1cc(/C=C(/C#N)C(=O)Nc2ccccc2)cc(I)c1OCc1ccc2ccccc2c1. The molecule has 0 saturated carbocycles. The van der Waals surface area contributed by atoms with Gasteiger partial charge in [0, 0.05) is 5.69 Å². The molecule has 0 aliphatic carbocycles. The minimum absolute atomic E-state index is 0.00784. The van der Waals surface area contributed by atoms with Gasteiger partial charge in [-0.2, -0.15) is 5.26 Å². The van der Waals surface area contributed by atoms with E-state index >= 15 is 0 Å². The second-order valence-corrected chi connectivity index (χ2v) is 8.66. The van der Waals surface area contributed by atoms with Gasteiger partial charge >= 0.3 is 0 Å². The van der Waals surface area contributed by atoms with Gasteiger partial charge in [0.15, 0.2) is 11.5 Å². The summed E-state index contributed by atoms with van der Waals surface area (Å²) in [5.41, 5.74) is 2.33. The van der Waals surface area contributed by atoms with E-state index in [9.17, 15) is 10.1 Å². The van der Waals surface area contributed by atoms with Crippen molar-refractivity contribution in [1.29, 1.82) is 5.26 Å². The predicted molar refractivity (Wildman–Crippen MR) is 143 cm³/mol. The zero-order valence-corrected chi connectivity index (χ0v) is 20.6. The summed E-state index contributed by atoms with van der Waals surface area (Å²) in [4.78, 5) is 12.5. The van der Waals surface area contributed by atoms with E-state index in [4.69, 9.17) is 9.47 Å². The van der Waals surface area contributed by atoms with E-state index in [0.29, 0.717) is 29.4 Å². The van der Waals surface area contributed by atoms with Crippen LogP contribution < -0.4 is 14.8 Å². The third kappa shape index (κ3) is 5.56. The average Bonchev–Trinajstić information content (AvgIpc) is 2.86. The van der Waals surface area contributed by atoms with Crippen molar-refractivity contribution in [3.05, 3.63) is 105 Å². The Labute approximate surface area is 211 Å². The van der Waals surface area contributed by atoms with Gasteiger partial charge in [-0.3, -0.25) is 4.79 Å². The molecule has 0 bridgehead atoms. The summed E-state index contributed by atoms with van der Waals surface area (Å²) in [6.07, 6.45) is 1.54. The van der Waals surface area contributed by atoms with E-state index in [0.717, 1.165) is 14.5 Å². The molecule has 0 unspecified atom stereocenters. The van der Waals surface area contributed by atoms with Gasteiger partial charge in [-0.05, 0) is 80.9 Å². The maximum Gasteiger partial charge on any atom is 0.266 e. The number of halogens is 1. The van der Waals surface area contributed by atoms with Crippen LogP contribution in [0, 0.1) is 14.9 Å². The van der Waals surface area contributed by atoms with Gasteiger partial charge in [-0.15, -0.1) is 0 Å². The molecule has 168 valence electrons. The Hall–Kier alpha value is -3.83. The van der Waals surface area contributed by atoms with Crippen LogP contribution in [0.5, 0.6) is 11.5 Å². The van der Waals surface area contributed by atoms with Crippen molar-refractivity contribution in [2.75, 3.05) is 12.4 Å². The van der Waals surface area contributed by atoms with Crippen LogP contribution in [-0.4, -0.2) is 13.0 Å². The topological polar surface area (TPSA) is 71.3 Å². The molecule has 4 rings (SSSR count). The van der Waals surface area contributed by atoms with Crippen LogP contribution in [0.2, 0.25) is 0 Å². The van der Waals surface area contributed by atoms with Gasteiger partial charge in [-0.1, -0.05) is 54.6 Å². The normalized spacial score (nSPS) is 11.0. The van der Waals surface area contributed by atoms with E-state index in [1.54, 1.807) is 25.3 Å². The van der Waals surface area contributed by atoms with Crippen LogP contribution in [0.4, 0.5) is 5.69 Å². The highest BCUT2D eigenvalue weighted by Crippen LogP contribution is 2.35. The van der Waals surface area contributed by atoms with Crippen molar-refractivity contribution in [3.63, 3.8) is 0 Å². The number of para-hydroxylation sites is 1. The second-order valence-electron chi connectivity index (χ2n) is 7.49. The van der Waals surface area contributed by atoms with Crippen molar-refractivity contribution in [2.24, 2.45) is 0 Å². The summed E-state index contributed by atoms with van der Waals surface area (Å²) in [5, 5.41) is 14.6. The smallest absolute Gasteiger partial charge is 0.266 e. The zero-order chi connectivity index (χ0) is 23.9. The van der Waals surface area contributed by atoms with Crippen molar-refractivity contribution < 1.29 is 14.3 Å². The number of hydrogen-bond acceptors (Lipinski definition) is 4. The molecule has 0 spiro atoms. The maximum atomic E-state index is 12.5. The Morgan fingerprint density at radius 2 is 1.74 bits per heavy atom. The standard InChI is InChI=1S/C28H21IN2O3/c1-33-26-16-20(14-23(17-30)28(32)31-24-9-3-2-4-10-24)15-25(29)27(26)34-18-19-11-12-21-7-5-6-8-22(21)13-19/h2-16H,18H2,1H3,(H,31,32)/b23-14-. The maximum absolute atomic E-state index is 12.5. The monoisotopic (exact) mass is 560 g/mol. The minimum Gasteiger partial charge on any atom is -0.493 e. The number of methoxy groups -OCH3 is 1. The number of anilines is 1. The zero-order valence-electron chi connectivity index (χ0n) is 18.4. The van der Waals surface area contributed by atoms with Crippen LogP contribution in [0.1, 0.15) is 11.1 Å². The molecule has 0 aliphatic heterocycles. The van der Waals surface area contributed by atoms with Crippen molar-refractivity contribution in [2.45, 2.75) is 6.61 Å². The lowest BCUT2D eigenvalue weighted by Gasteiger charge is -2.14. The molecule has 4 aromatic rings. The lowest BCUT2D eigenvalue weighted by Crippen LogP contribution is -2.13. The molecule has 0 heterocycles. The molecule has 0 aromatic heterocycles. The number of carbonyl (C=O) groups is 1. The van der Waals surface area contributed by atoms with Gasteiger partial charge < -0.3 is 14.8 Å². The average molecular weight is 560 g/mol. The summed E-state index contributed by atoms with van der Waals surface area (Å²) < 4.78 is 12.5. The molecule has 0 radical (unpaired) electrons. The van der Waals surface area contributed by atoms with Gasteiger partial charge in [0.1, 0.15) is 18.2 Å². The van der Waals surface area contributed by atoms with E-state index in [1.807, 2.05) is 48.5 Å². The van der Waals surface area contributed by atoms with Crippen LogP contribution in [0.3, 0.4) is 0 Å². The fourth-order valence-electron chi connectivity index (χ4n) is 3.48. The first-order valence-electron chi connectivity index (χ1n) is 10.5. The van der Waals surface area contributed by atoms with Crippen LogP contribution in [0.25, 0.3) is 16.8 Å². The number of nitrogens with zero attached hydrogens (tertiary/aromatic N) is 1. The van der Waals surface area contributed by atoms with E-state index < -0.39 is 5.91 Å². The number of hydrogen-bond donors (Lipinski definition) is 1. The summed E-state index contributed by atoms with van der Waals surface area (Å²) in [7, 11) is 1.56. The molecule has 4 aromatic carbocycles. The third-order valence-corrected chi connectivity index (χ3v) is 5.96. The second kappa shape index (κ2) is 10.9. The van der Waals surface area contributed by atoms with E-state index in [1.165, 1.54) is 11.5 Å². The number of nitrogens with one attached hydrogen (secondary N) is 1.